The molecule has 0 aliphatic carbocycles. The highest BCUT2D eigenvalue weighted by molar-refractivity contribution is 5.76. The minimum atomic E-state index is -5.36. The lowest BCUT2D eigenvalue weighted by molar-refractivity contribution is -0.160. The van der Waals surface area contributed by atoms with Gasteiger partial charge in [0.15, 0.2) is 11.5 Å². The van der Waals surface area contributed by atoms with Gasteiger partial charge in [-0.2, -0.15) is 0 Å². The fraction of sp³-hybridized carbons (Fsp3) is 0.708. The standard InChI is InChI=1S/C24H38N2O4/c1-14(2)9-17-13-26-8-7-16-10-21(28-5)22(29-6)11-18(16)19(26)12-20(17)30-24(27)23(25)15(3)4/h10-11,14-15,17,19-20,23H,7-9,12-13,25H2,1-6H3/t17?,19?,20?,23-/m0/s1/i1D3,2D3,3D3,4D3,7D2,8D2,9D2,10D,11D,12D2,13D2,14D,15D,17D,20D,23D. The first-order chi connectivity index (χ1) is 25.6. The van der Waals surface area contributed by atoms with E-state index in [1.165, 1.54) is 0 Å². The molecule has 1 fully saturated rings. The predicted octanol–water partition coefficient (Wildman–Crippen LogP) is 3.56. The molecular formula is C24H38N2O4. The molecule has 1 aromatic carbocycles. The number of nitrogens with two attached hydrogens (primary N) is 1. The van der Waals surface area contributed by atoms with Crippen molar-refractivity contribution in [1.29, 1.82) is 0 Å². The number of rotatable bonds is 7. The number of esters is 1. The second-order valence-electron chi connectivity index (χ2n) is 5.75. The summed E-state index contributed by atoms with van der Waals surface area (Å²) in [5, 5.41) is 0. The van der Waals surface area contributed by atoms with E-state index in [1.807, 2.05) is 0 Å². The summed E-state index contributed by atoms with van der Waals surface area (Å²) in [6.07, 6.45) is -19.2. The molecule has 0 aromatic heterocycles. The summed E-state index contributed by atoms with van der Waals surface area (Å²) in [5.41, 5.74) is 2.85. The molecule has 0 amide bonds. The fourth-order valence-electron chi connectivity index (χ4n) is 2.52. The van der Waals surface area contributed by atoms with E-state index in [0.29, 0.717) is 0 Å². The second kappa shape index (κ2) is 9.56. The Bertz CT molecular complexity index is 1840. The molecule has 6 nitrogen and oxygen atoms in total. The number of ether oxygens (including phenoxy) is 3. The Labute approximate surface area is 221 Å². The number of hydrogen-bond donors (Lipinski definition) is 1. The van der Waals surface area contributed by atoms with E-state index in [1.54, 1.807) is 0 Å². The van der Waals surface area contributed by atoms with Crippen LogP contribution in [-0.2, 0) is 15.9 Å². The Balaban J connectivity index is 2.84. The van der Waals surface area contributed by atoms with Crippen molar-refractivity contribution >= 4 is 5.97 Å². The largest absolute Gasteiger partial charge is 0.493 e. The molecule has 4 atom stereocenters. The van der Waals surface area contributed by atoms with Gasteiger partial charge >= 0.3 is 5.97 Å². The smallest absolute Gasteiger partial charge is 0.323 e. The Morgan fingerprint density at radius 3 is 2.80 bits per heavy atom. The van der Waals surface area contributed by atoms with E-state index in [9.17, 15) is 13.0 Å². The highest BCUT2D eigenvalue weighted by Crippen LogP contribution is 2.44. The Morgan fingerprint density at radius 1 is 1.40 bits per heavy atom. The number of piperidine rings is 1. The predicted molar refractivity (Wildman–Crippen MR) is 118 cm³/mol. The Morgan fingerprint density at radius 2 is 2.13 bits per heavy atom. The molecule has 168 valence electrons. The van der Waals surface area contributed by atoms with Crippen LogP contribution in [0.2, 0.25) is 0 Å². The van der Waals surface area contributed by atoms with Gasteiger partial charge in [0.1, 0.15) is 12.1 Å². The van der Waals surface area contributed by atoms with Crippen LogP contribution < -0.4 is 15.2 Å². The molecular weight excluding hydrogens is 380 g/mol. The van der Waals surface area contributed by atoms with Crippen molar-refractivity contribution in [1.82, 2.24) is 4.90 Å². The maximum Gasteiger partial charge on any atom is 0.323 e. The first kappa shape index (κ1) is 5.96. The number of benzene rings is 1. The minimum Gasteiger partial charge on any atom is -0.493 e. The molecule has 1 saturated heterocycles. The molecule has 2 N–H and O–H groups in total. The molecule has 0 radical (unpaired) electrons. The van der Waals surface area contributed by atoms with Crippen LogP contribution in [-0.4, -0.2) is 50.2 Å². The highest BCUT2D eigenvalue weighted by Gasteiger charge is 2.41. The van der Waals surface area contributed by atoms with E-state index in [4.69, 9.17) is 51.5 Å². The lowest BCUT2D eigenvalue weighted by Crippen LogP contribution is -2.51. The average Bonchev–Trinajstić information content (AvgIpc) is 3.02. The molecule has 6 heteroatoms. The fourth-order valence-corrected chi connectivity index (χ4v) is 2.52. The van der Waals surface area contributed by atoms with Gasteiger partial charge in [-0.15, -0.1) is 0 Å². The molecule has 0 bridgehead atoms. The van der Waals surface area contributed by atoms with Crippen LogP contribution in [0.5, 0.6) is 11.5 Å². The zero-order chi connectivity index (χ0) is 47.3. The van der Waals surface area contributed by atoms with E-state index in [-0.39, 0.29) is 0 Å². The highest BCUT2D eigenvalue weighted by atomic mass is 16.5. The third kappa shape index (κ3) is 4.75. The first-order valence-electron chi connectivity index (χ1n) is 22.7. The number of carbonyl (C=O) groups excluding carboxylic acids is 1. The van der Waals surface area contributed by atoms with Crippen molar-refractivity contribution in [3.05, 3.63) is 23.2 Å². The molecule has 0 saturated carbocycles. The van der Waals surface area contributed by atoms with Gasteiger partial charge in [0.05, 0.1) is 19.7 Å². The molecule has 2 aliphatic rings. The Hall–Kier alpha value is -1.79. The minimum absolute atomic E-state index is 0.688. The topological polar surface area (TPSA) is 74.0 Å². The van der Waals surface area contributed by atoms with Gasteiger partial charge in [-0.1, -0.05) is 27.4 Å². The zero-order valence-corrected chi connectivity index (χ0v) is 15.7. The van der Waals surface area contributed by atoms with Crippen molar-refractivity contribution in [2.45, 2.75) is 64.7 Å². The number of nitrogens with zero attached hydrogens (tertiary/aromatic N) is 1. The maximum atomic E-state index is 14.1. The molecule has 2 heterocycles. The van der Waals surface area contributed by atoms with Gasteiger partial charge in [-0.3, -0.25) is 9.69 Å². The molecule has 3 unspecified atom stereocenters. The Kier molecular flexibility index (Phi) is 1.90. The second-order valence-corrected chi connectivity index (χ2v) is 5.75. The molecule has 0 spiro atoms. The third-order valence-corrected chi connectivity index (χ3v) is 3.86. The van der Waals surface area contributed by atoms with Crippen LogP contribution in [0.15, 0.2) is 12.1 Å². The first-order valence-corrected chi connectivity index (χ1v) is 8.16. The van der Waals surface area contributed by atoms with Crippen LogP contribution in [0.1, 0.15) is 97.1 Å². The molecule has 1 aromatic rings. The van der Waals surface area contributed by atoms with Crippen LogP contribution in [0.25, 0.3) is 0 Å². The van der Waals surface area contributed by atoms with Crippen molar-refractivity contribution in [3.8, 4) is 11.5 Å². The van der Waals surface area contributed by atoms with Gasteiger partial charge in [0, 0.05) is 65.6 Å². The van der Waals surface area contributed by atoms with Crippen molar-refractivity contribution in [2.75, 3.05) is 27.2 Å². The van der Waals surface area contributed by atoms with Crippen LogP contribution in [0.3, 0.4) is 0 Å². The van der Waals surface area contributed by atoms with Gasteiger partial charge in [0.25, 0.3) is 0 Å². The summed E-state index contributed by atoms with van der Waals surface area (Å²) in [7, 11) is 1.71. The summed E-state index contributed by atoms with van der Waals surface area (Å²) < 4.78 is 262. The van der Waals surface area contributed by atoms with E-state index < -0.39 is 141 Å². The average molecular weight is 448 g/mol. The molecule has 30 heavy (non-hydrogen) atoms. The maximum absolute atomic E-state index is 14.1. The molecule has 3 rings (SSSR count). The summed E-state index contributed by atoms with van der Waals surface area (Å²) >= 11 is 0. The van der Waals surface area contributed by atoms with Gasteiger partial charge < -0.3 is 19.9 Å². The van der Waals surface area contributed by atoms with Crippen molar-refractivity contribution in [3.63, 3.8) is 0 Å². The normalized spacial score (nSPS) is 54.6. The summed E-state index contributed by atoms with van der Waals surface area (Å²) in [5.74, 6) is -19.7. The molecule has 2 aliphatic heterocycles. The van der Waals surface area contributed by atoms with Crippen LogP contribution in [0.4, 0.5) is 0 Å². The summed E-state index contributed by atoms with van der Waals surface area (Å²) in [6, 6.07) is -10.5. The van der Waals surface area contributed by atoms with E-state index >= 15 is 0 Å². The SMILES string of the molecule is [2H]c1c(OC)c(OC)c([2H])c2c1C1N(C([2H])([2H])C2([2H])[2H])C([2H])([2H])C([2H])(C([2H])([2H])C([2H])(C([2H])([2H])[2H])C([2H])([2H])[2H])C([2H])(OC(=O)[C@@]([2H])(N)C([2H])(C([2H])([2H])[2H])C([2H])([2H])[2H])C1([2H])[2H]. The van der Waals surface area contributed by atoms with Crippen molar-refractivity contribution < 1.29 is 58.8 Å². The zero-order valence-electron chi connectivity index (χ0n) is 44.7. The quantitative estimate of drug-likeness (QED) is 0.644. The summed E-state index contributed by atoms with van der Waals surface area (Å²) in [6.45, 7) is -27.1. The van der Waals surface area contributed by atoms with Gasteiger partial charge in [-0.05, 0) is 47.7 Å². The number of methoxy groups -OCH3 is 2. The number of hydrogen-bond acceptors (Lipinski definition) is 6. The third-order valence-electron chi connectivity index (χ3n) is 3.86. The summed E-state index contributed by atoms with van der Waals surface area (Å²) in [4.78, 5) is 13.4. The lowest BCUT2D eigenvalue weighted by Gasteiger charge is -2.47. The van der Waals surface area contributed by atoms with E-state index in [2.05, 4.69) is 0 Å². The lowest BCUT2D eigenvalue weighted by atomic mass is 9.79. The number of carbonyl (C=O) groups is 1. The van der Waals surface area contributed by atoms with Gasteiger partial charge in [-0.25, -0.2) is 0 Å². The van der Waals surface area contributed by atoms with Crippen LogP contribution >= 0.6 is 0 Å². The van der Waals surface area contributed by atoms with Crippen molar-refractivity contribution in [2.24, 2.45) is 23.4 Å². The monoisotopic (exact) mass is 447 g/mol. The van der Waals surface area contributed by atoms with E-state index in [0.717, 1.165) is 14.2 Å². The van der Waals surface area contributed by atoms with Crippen LogP contribution in [0, 0.1) is 17.7 Å². The van der Waals surface area contributed by atoms with Gasteiger partial charge in [0.2, 0.25) is 0 Å². The number of fused-ring (bicyclic) bond motifs is 3.